The van der Waals surface area contributed by atoms with Crippen LogP contribution in [-0.2, 0) is 4.79 Å². The number of nitrogens with zero attached hydrogens (tertiary/aromatic N) is 3. The molecule has 2 aromatic carbocycles. The van der Waals surface area contributed by atoms with Crippen LogP contribution in [0.25, 0.3) is 0 Å². The molecule has 1 saturated carbocycles. The van der Waals surface area contributed by atoms with Gasteiger partial charge in [-0.25, -0.2) is 4.98 Å². The first kappa shape index (κ1) is 25.3. The van der Waals surface area contributed by atoms with Crippen molar-refractivity contribution in [1.29, 1.82) is 0 Å². The molecule has 1 heterocycles. The molecule has 1 amide bonds. The molecule has 2 N–H and O–H groups in total. The van der Waals surface area contributed by atoms with E-state index in [0.717, 1.165) is 42.6 Å². The Morgan fingerprint density at radius 3 is 2.06 bits per heavy atom. The number of benzene rings is 2. The predicted molar refractivity (Wildman–Crippen MR) is 143 cm³/mol. The first-order chi connectivity index (χ1) is 16.9. The van der Waals surface area contributed by atoms with E-state index in [0.29, 0.717) is 34.5 Å². The summed E-state index contributed by atoms with van der Waals surface area (Å²) in [4.78, 5) is 24.2. The zero-order valence-electron chi connectivity index (χ0n) is 20.0. The third kappa shape index (κ3) is 6.86. The Hall–Kier alpha value is -2.83. The Kier molecular flexibility index (Phi) is 8.47. The Morgan fingerprint density at radius 1 is 0.943 bits per heavy atom. The number of amides is 1. The van der Waals surface area contributed by atoms with Gasteiger partial charge in [0.25, 0.3) is 0 Å². The summed E-state index contributed by atoms with van der Waals surface area (Å²) in [5.41, 5.74) is 1.81. The van der Waals surface area contributed by atoms with Gasteiger partial charge in [0.1, 0.15) is 5.82 Å². The number of hydrogen-bond donors (Lipinski definition) is 2. The Morgan fingerprint density at radius 2 is 1.51 bits per heavy atom. The molecule has 8 heteroatoms. The average Bonchev–Trinajstić information content (AvgIpc) is 2.86. The van der Waals surface area contributed by atoms with Crippen molar-refractivity contribution in [2.75, 3.05) is 30.9 Å². The van der Waals surface area contributed by atoms with Gasteiger partial charge in [0.2, 0.25) is 11.9 Å². The van der Waals surface area contributed by atoms with Crippen molar-refractivity contribution in [3.05, 3.63) is 82.0 Å². The lowest BCUT2D eigenvalue weighted by Crippen LogP contribution is -2.36. The van der Waals surface area contributed by atoms with E-state index < -0.39 is 5.92 Å². The summed E-state index contributed by atoms with van der Waals surface area (Å²) in [5.74, 6) is 1.58. The van der Waals surface area contributed by atoms with E-state index in [9.17, 15) is 4.79 Å². The van der Waals surface area contributed by atoms with Gasteiger partial charge in [-0.2, -0.15) is 4.98 Å². The van der Waals surface area contributed by atoms with Gasteiger partial charge in [0.15, 0.2) is 0 Å². The minimum Gasteiger partial charge on any atom is -0.363 e. The molecule has 1 aliphatic rings. The molecule has 6 nitrogen and oxygen atoms in total. The molecule has 1 fully saturated rings. The average molecular weight is 512 g/mol. The smallest absolute Gasteiger partial charge is 0.232 e. The summed E-state index contributed by atoms with van der Waals surface area (Å²) in [6, 6.07) is 17.1. The van der Waals surface area contributed by atoms with Crippen LogP contribution in [0.2, 0.25) is 10.0 Å². The third-order valence-electron chi connectivity index (χ3n) is 6.51. The number of nitrogens with one attached hydrogen (secondary N) is 2. The summed E-state index contributed by atoms with van der Waals surface area (Å²) in [7, 11) is 3.94. The van der Waals surface area contributed by atoms with Gasteiger partial charge in [0, 0.05) is 42.9 Å². The van der Waals surface area contributed by atoms with Gasteiger partial charge in [-0.3, -0.25) is 4.79 Å². The first-order valence-electron chi connectivity index (χ1n) is 11.9. The third-order valence-corrected chi connectivity index (χ3v) is 7.02. The van der Waals surface area contributed by atoms with E-state index in [1.54, 1.807) is 6.20 Å². The van der Waals surface area contributed by atoms with Crippen molar-refractivity contribution in [1.82, 2.24) is 15.3 Å². The lowest BCUT2D eigenvalue weighted by Gasteiger charge is -2.30. The van der Waals surface area contributed by atoms with Crippen molar-refractivity contribution in [2.24, 2.45) is 5.92 Å². The lowest BCUT2D eigenvalue weighted by atomic mass is 9.85. The second kappa shape index (κ2) is 11.7. The van der Waals surface area contributed by atoms with Crippen molar-refractivity contribution in [3.8, 4) is 0 Å². The zero-order chi connectivity index (χ0) is 24.8. The van der Waals surface area contributed by atoms with Gasteiger partial charge >= 0.3 is 0 Å². The Labute approximate surface area is 217 Å². The van der Waals surface area contributed by atoms with E-state index in [2.05, 4.69) is 20.6 Å². The standard InChI is InChI=1S/C27H31Cl2N5O/c1-34(2)24-15-16-30-27(33-24)32-23-13-3-18(4-14-23)17-31-26(35)25(19-5-9-21(28)10-6-19)20-7-11-22(29)12-8-20/h5-12,15-16,18,23,25H,3-4,13-14,17H2,1-2H3,(H,31,35)(H,30,32,33). The maximum Gasteiger partial charge on any atom is 0.232 e. The quantitative estimate of drug-likeness (QED) is 0.401. The highest BCUT2D eigenvalue weighted by molar-refractivity contribution is 6.30. The fraction of sp³-hybridized carbons (Fsp3) is 0.370. The molecule has 0 atom stereocenters. The number of carbonyl (C=O) groups is 1. The minimum atomic E-state index is -0.413. The van der Waals surface area contributed by atoms with Gasteiger partial charge < -0.3 is 15.5 Å². The number of halogens is 2. The monoisotopic (exact) mass is 511 g/mol. The molecule has 35 heavy (non-hydrogen) atoms. The van der Waals surface area contributed by atoms with Crippen LogP contribution in [0.1, 0.15) is 42.7 Å². The molecule has 4 rings (SSSR count). The number of aromatic nitrogens is 2. The topological polar surface area (TPSA) is 70.2 Å². The fourth-order valence-electron chi connectivity index (χ4n) is 4.51. The number of rotatable bonds is 8. The second-order valence-electron chi connectivity index (χ2n) is 9.28. The number of anilines is 2. The minimum absolute atomic E-state index is 0.0104. The second-order valence-corrected chi connectivity index (χ2v) is 10.1. The molecule has 0 bridgehead atoms. The maximum absolute atomic E-state index is 13.3. The summed E-state index contributed by atoms with van der Waals surface area (Å²) >= 11 is 12.2. The van der Waals surface area contributed by atoms with E-state index in [4.69, 9.17) is 23.2 Å². The molecule has 0 saturated heterocycles. The zero-order valence-corrected chi connectivity index (χ0v) is 21.6. The van der Waals surface area contributed by atoms with Crippen LogP contribution < -0.4 is 15.5 Å². The van der Waals surface area contributed by atoms with Crippen molar-refractivity contribution in [3.63, 3.8) is 0 Å². The highest BCUT2D eigenvalue weighted by atomic mass is 35.5. The fourth-order valence-corrected chi connectivity index (χ4v) is 4.77. The molecule has 3 aromatic rings. The maximum atomic E-state index is 13.3. The van der Waals surface area contributed by atoms with E-state index in [1.807, 2.05) is 73.6 Å². The van der Waals surface area contributed by atoms with Crippen LogP contribution in [0.3, 0.4) is 0 Å². The largest absolute Gasteiger partial charge is 0.363 e. The molecule has 0 spiro atoms. The highest BCUT2D eigenvalue weighted by Gasteiger charge is 2.26. The van der Waals surface area contributed by atoms with Crippen LogP contribution in [0.4, 0.5) is 11.8 Å². The van der Waals surface area contributed by atoms with Gasteiger partial charge in [0.05, 0.1) is 5.92 Å². The molecule has 0 unspecified atom stereocenters. The predicted octanol–water partition coefficient (Wildman–Crippen LogP) is 5.77. The Balaban J connectivity index is 1.33. The van der Waals surface area contributed by atoms with E-state index in [1.165, 1.54) is 0 Å². The molecule has 0 radical (unpaired) electrons. The Bertz CT molecular complexity index is 1070. The molecule has 1 aliphatic carbocycles. The first-order valence-corrected chi connectivity index (χ1v) is 12.7. The van der Waals surface area contributed by atoms with Crippen molar-refractivity contribution >= 4 is 40.9 Å². The van der Waals surface area contributed by atoms with Gasteiger partial charge in [-0.05, 0) is 73.1 Å². The molecular formula is C27H31Cl2N5O. The van der Waals surface area contributed by atoms with E-state index >= 15 is 0 Å². The van der Waals surface area contributed by atoms with Gasteiger partial charge in [-0.1, -0.05) is 47.5 Å². The van der Waals surface area contributed by atoms with Crippen LogP contribution in [0.15, 0.2) is 60.8 Å². The normalized spacial score (nSPS) is 17.7. The lowest BCUT2D eigenvalue weighted by molar-refractivity contribution is -0.121. The van der Waals surface area contributed by atoms with Crippen LogP contribution in [0, 0.1) is 5.92 Å². The summed E-state index contributed by atoms with van der Waals surface area (Å²) in [6.45, 7) is 0.663. The number of hydrogen-bond acceptors (Lipinski definition) is 5. The van der Waals surface area contributed by atoms with Crippen LogP contribution >= 0.6 is 23.2 Å². The summed E-state index contributed by atoms with van der Waals surface area (Å²) in [5, 5.41) is 7.97. The highest BCUT2D eigenvalue weighted by Crippen LogP contribution is 2.29. The summed E-state index contributed by atoms with van der Waals surface area (Å²) < 4.78 is 0. The number of carbonyl (C=O) groups excluding carboxylic acids is 1. The van der Waals surface area contributed by atoms with E-state index in [-0.39, 0.29) is 5.91 Å². The van der Waals surface area contributed by atoms with Crippen LogP contribution in [0.5, 0.6) is 0 Å². The molecular weight excluding hydrogens is 481 g/mol. The molecule has 1 aromatic heterocycles. The SMILES string of the molecule is CN(C)c1ccnc(NC2CCC(CNC(=O)C(c3ccc(Cl)cc3)c3ccc(Cl)cc3)CC2)n1. The molecule has 0 aliphatic heterocycles. The molecule has 184 valence electrons. The van der Waals surface area contributed by atoms with Crippen molar-refractivity contribution < 1.29 is 4.79 Å². The van der Waals surface area contributed by atoms with Crippen molar-refractivity contribution in [2.45, 2.75) is 37.6 Å². The van der Waals surface area contributed by atoms with Crippen LogP contribution in [-0.4, -0.2) is 42.6 Å². The van der Waals surface area contributed by atoms with Gasteiger partial charge in [-0.15, -0.1) is 0 Å². The summed E-state index contributed by atoms with van der Waals surface area (Å²) in [6.07, 6.45) is 5.90.